The van der Waals surface area contributed by atoms with Crippen molar-refractivity contribution in [1.82, 2.24) is 24.8 Å². The Labute approximate surface area is 125 Å². The van der Waals surface area contributed by atoms with Crippen LogP contribution < -0.4 is 0 Å². The minimum Gasteiger partial charge on any atom is -0.352 e. The lowest BCUT2D eigenvalue weighted by Gasteiger charge is -1.98. The van der Waals surface area contributed by atoms with Gasteiger partial charge in [-0.2, -0.15) is 9.61 Å². The summed E-state index contributed by atoms with van der Waals surface area (Å²) in [7, 11) is 0. The van der Waals surface area contributed by atoms with Crippen LogP contribution in [-0.4, -0.2) is 24.8 Å². The molecular weight excluding hydrogens is 282 g/mol. The molecule has 4 rings (SSSR count). The maximum absolute atomic E-state index is 4.70. The van der Waals surface area contributed by atoms with Gasteiger partial charge in [0.25, 0.3) is 0 Å². The Bertz CT molecular complexity index is 944. The molecule has 1 N–H and O–H groups in total. The molecule has 3 heterocycles. The van der Waals surface area contributed by atoms with E-state index in [0.717, 1.165) is 27.0 Å². The van der Waals surface area contributed by atoms with Gasteiger partial charge in [0.2, 0.25) is 4.96 Å². The highest BCUT2D eigenvalue weighted by Crippen LogP contribution is 2.32. The second-order valence-electron chi connectivity index (χ2n) is 5.49. The number of hydrogen-bond donors (Lipinski definition) is 1. The third-order valence-corrected chi connectivity index (χ3v) is 4.63. The summed E-state index contributed by atoms with van der Waals surface area (Å²) >= 11 is 1.57. The molecule has 0 radical (unpaired) electrons. The zero-order valence-corrected chi connectivity index (χ0v) is 12.9. The number of aryl methyl sites for hydroxylation is 1. The molecule has 0 fully saturated rings. The van der Waals surface area contributed by atoms with Crippen LogP contribution in [0.3, 0.4) is 0 Å². The molecule has 0 atom stereocenters. The Morgan fingerprint density at radius 1 is 1.19 bits per heavy atom. The number of H-pyrrole nitrogens is 1. The fourth-order valence-corrected chi connectivity index (χ4v) is 3.49. The molecule has 0 aliphatic carbocycles. The number of fused-ring (bicyclic) bond motifs is 2. The van der Waals surface area contributed by atoms with Crippen LogP contribution in [0, 0.1) is 6.92 Å². The minimum absolute atomic E-state index is 0.304. The van der Waals surface area contributed by atoms with Gasteiger partial charge in [-0.15, -0.1) is 10.2 Å². The molecule has 5 nitrogen and oxygen atoms in total. The van der Waals surface area contributed by atoms with Gasteiger partial charge in [-0.3, -0.25) is 0 Å². The lowest BCUT2D eigenvalue weighted by molar-refractivity contribution is 0.726. The van der Waals surface area contributed by atoms with E-state index >= 15 is 0 Å². The predicted molar refractivity (Wildman–Crippen MR) is 84.8 cm³/mol. The highest BCUT2D eigenvalue weighted by molar-refractivity contribution is 7.19. The fraction of sp³-hybridized carbons (Fsp3) is 0.267. The van der Waals surface area contributed by atoms with Crippen molar-refractivity contribution in [2.24, 2.45) is 0 Å². The SMILES string of the molecule is Cc1c(-c2nn3c(C(C)C)nnc3s2)[nH]c2ccccc12. The first-order valence-corrected chi connectivity index (χ1v) is 7.76. The number of para-hydroxylation sites is 1. The molecule has 0 aliphatic rings. The van der Waals surface area contributed by atoms with Gasteiger partial charge in [0.1, 0.15) is 0 Å². The molecule has 3 aromatic heterocycles. The van der Waals surface area contributed by atoms with E-state index in [-0.39, 0.29) is 0 Å². The van der Waals surface area contributed by atoms with Crippen molar-refractivity contribution in [3.63, 3.8) is 0 Å². The molecule has 0 amide bonds. The van der Waals surface area contributed by atoms with Crippen LogP contribution in [0.2, 0.25) is 0 Å². The third kappa shape index (κ3) is 1.79. The van der Waals surface area contributed by atoms with Crippen LogP contribution in [-0.2, 0) is 0 Å². The Morgan fingerprint density at radius 2 is 2.00 bits per heavy atom. The number of rotatable bonds is 2. The highest BCUT2D eigenvalue weighted by atomic mass is 32.1. The molecule has 0 spiro atoms. The lowest BCUT2D eigenvalue weighted by atomic mass is 10.1. The summed E-state index contributed by atoms with van der Waals surface area (Å²) in [6, 6.07) is 8.32. The Balaban J connectivity index is 1.94. The second kappa shape index (κ2) is 4.39. The third-order valence-electron chi connectivity index (χ3n) is 3.71. The summed E-state index contributed by atoms with van der Waals surface area (Å²) < 4.78 is 1.86. The minimum atomic E-state index is 0.304. The standard InChI is InChI=1S/C15H15N5S/c1-8(2)13-17-18-15-20(13)19-14(21-15)12-9(3)10-6-4-5-7-11(10)16-12/h4-8,16H,1-3H3. The van der Waals surface area contributed by atoms with E-state index in [0.29, 0.717) is 5.92 Å². The molecule has 0 bridgehead atoms. The average Bonchev–Trinajstić information content (AvgIpc) is 3.11. The molecule has 106 valence electrons. The van der Waals surface area contributed by atoms with Crippen molar-refractivity contribution >= 4 is 27.2 Å². The molecule has 0 saturated heterocycles. The average molecular weight is 297 g/mol. The number of hydrogen-bond acceptors (Lipinski definition) is 4. The summed E-state index contributed by atoms with van der Waals surface area (Å²) in [6.45, 7) is 6.33. The van der Waals surface area contributed by atoms with E-state index in [1.165, 1.54) is 10.9 Å². The van der Waals surface area contributed by atoms with Gasteiger partial charge in [0, 0.05) is 16.8 Å². The van der Waals surface area contributed by atoms with Crippen molar-refractivity contribution in [1.29, 1.82) is 0 Å². The normalized spacial score (nSPS) is 12.0. The number of benzene rings is 1. The van der Waals surface area contributed by atoms with Crippen LogP contribution in [0.4, 0.5) is 0 Å². The first-order chi connectivity index (χ1) is 10.1. The lowest BCUT2D eigenvalue weighted by Crippen LogP contribution is -1.98. The van der Waals surface area contributed by atoms with Gasteiger partial charge in [-0.05, 0) is 18.6 Å². The second-order valence-corrected chi connectivity index (χ2v) is 6.44. The zero-order chi connectivity index (χ0) is 14.6. The van der Waals surface area contributed by atoms with Crippen molar-refractivity contribution < 1.29 is 0 Å². The smallest absolute Gasteiger partial charge is 0.235 e. The summed E-state index contributed by atoms with van der Waals surface area (Å²) in [6.07, 6.45) is 0. The van der Waals surface area contributed by atoms with Crippen molar-refractivity contribution in [2.75, 3.05) is 0 Å². The maximum Gasteiger partial charge on any atom is 0.235 e. The molecule has 0 saturated carbocycles. The summed E-state index contributed by atoms with van der Waals surface area (Å²) in [5.41, 5.74) is 3.43. The molecular formula is C15H15N5S. The monoisotopic (exact) mass is 297 g/mol. The molecule has 4 aromatic rings. The van der Waals surface area contributed by atoms with E-state index in [4.69, 9.17) is 5.10 Å². The Hall–Kier alpha value is -2.21. The van der Waals surface area contributed by atoms with E-state index < -0.39 is 0 Å². The first-order valence-electron chi connectivity index (χ1n) is 6.95. The quantitative estimate of drug-likeness (QED) is 0.613. The number of nitrogens with zero attached hydrogens (tertiary/aromatic N) is 4. The van der Waals surface area contributed by atoms with Gasteiger partial charge < -0.3 is 4.98 Å². The van der Waals surface area contributed by atoms with Gasteiger partial charge in [0.05, 0.1) is 5.69 Å². The molecule has 1 aromatic carbocycles. The van der Waals surface area contributed by atoms with Crippen LogP contribution in [0.1, 0.15) is 31.2 Å². The fourth-order valence-electron chi connectivity index (χ4n) is 2.59. The summed E-state index contributed by atoms with van der Waals surface area (Å²) in [5, 5.41) is 15.3. The molecule has 0 aliphatic heterocycles. The van der Waals surface area contributed by atoms with Crippen LogP contribution >= 0.6 is 11.3 Å². The number of nitrogens with one attached hydrogen (secondary N) is 1. The van der Waals surface area contributed by atoms with Gasteiger partial charge in [0.15, 0.2) is 10.8 Å². The van der Waals surface area contributed by atoms with E-state index in [1.54, 1.807) is 11.3 Å². The van der Waals surface area contributed by atoms with Gasteiger partial charge >= 0.3 is 0 Å². The topological polar surface area (TPSA) is 58.9 Å². The Kier molecular flexibility index (Phi) is 2.62. The molecule has 0 unspecified atom stereocenters. The number of aromatic amines is 1. The molecule has 21 heavy (non-hydrogen) atoms. The van der Waals surface area contributed by atoms with Crippen LogP contribution in [0.15, 0.2) is 24.3 Å². The zero-order valence-electron chi connectivity index (χ0n) is 12.1. The van der Waals surface area contributed by atoms with Gasteiger partial charge in [-0.25, -0.2) is 0 Å². The predicted octanol–water partition coefficient (Wildman–Crippen LogP) is 3.77. The number of aromatic nitrogens is 5. The van der Waals surface area contributed by atoms with Crippen molar-refractivity contribution in [2.45, 2.75) is 26.7 Å². The first kappa shape index (κ1) is 12.5. The van der Waals surface area contributed by atoms with E-state index in [1.807, 2.05) is 10.6 Å². The summed E-state index contributed by atoms with van der Waals surface area (Å²) in [4.78, 5) is 4.31. The van der Waals surface area contributed by atoms with Crippen LogP contribution in [0.25, 0.3) is 26.6 Å². The highest BCUT2D eigenvalue weighted by Gasteiger charge is 2.18. The molecule has 6 heteroatoms. The largest absolute Gasteiger partial charge is 0.352 e. The van der Waals surface area contributed by atoms with Crippen molar-refractivity contribution in [3.05, 3.63) is 35.7 Å². The summed E-state index contributed by atoms with van der Waals surface area (Å²) in [5.74, 6) is 1.21. The maximum atomic E-state index is 4.70. The van der Waals surface area contributed by atoms with Gasteiger partial charge in [-0.1, -0.05) is 43.4 Å². The van der Waals surface area contributed by atoms with E-state index in [9.17, 15) is 0 Å². The van der Waals surface area contributed by atoms with E-state index in [2.05, 4.69) is 54.2 Å². The Morgan fingerprint density at radius 3 is 2.76 bits per heavy atom. The van der Waals surface area contributed by atoms with Crippen LogP contribution in [0.5, 0.6) is 0 Å². The van der Waals surface area contributed by atoms with Crippen molar-refractivity contribution in [3.8, 4) is 10.7 Å².